The van der Waals surface area contributed by atoms with Gasteiger partial charge in [-0.3, -0.25) is 10.2 Å². The summed E-state index contributed by atoms with van der Waals surface area (Å²) in [5.41, 5.74) is 2.03. The van der Waals surface area contributed by atoms with Gasteiger partial charge in [-0.05, 0) is 6.42 Å². The van der Waals surface area contributed by atoms with E-state index in [9.17, 15) is 4.79 Å². The normalized spacial score (nSPS) is 7.25. The van der Waals surface area contributed by atoms with Crippen molar-refractivity contribution in [1.82, 2.24) is 5.43 Å². The molecule has 0 aliphatic carbocycles. The number of hydrazine groups is 1. The molecule has 0 heterocycles. The third-order valence-electron chi connectivity index (χ3n) is 0.638. The molecule has 0 aliphatic rings. The molecule has 0 bridgehead atoms. The van der Waals surface area contributed by atoms with Gasteiger partial charge in [0.05, 0.1) is 0 Å². The lowest BCUT2D eigenvalue weighted by atomic mass is 10.3. The van der Waals surface area contributed by atoms with Gasteiger partial charge in [0.15, 0.2) is 0 Å². The maximum Gasteiger partial charge on any atom is 0.233 e. The summed E-state index contributed by atoms with van der Waals surface area (Å²) < 4.78 is 0. The van der Waals surface area contributed by atoms with E-state index in [0.29, 0.717) is 6.42 Å². The van der Waals surface area contributed by atoms with Crippen molar-refractivity contribution in [3.05, 3.63) is 0 Å². The Hall–Kier alpha value is -0.280. The van der Waals surface area contributed by atoms with Gasteiger partial charge < -0.3 is 0 Å². The molecule has 0 aromatic rings. The summed E-state index contributed by atoms with van der Waals surface area (Å²) in [6.45, 7) is 1.93. The molecular weight excluding hydrogens is 128 g/mol. The van der Waals surface area contributed by atoms with Crippen LogP contribution in [0.4, 0.5) is 0 Å². The molecule has 0 unspecified atom stereocenters. The van der Waals surface area contributed by atoms with E-state index in [2.05, 4.69) is 0 Å². The number of nitrogens with one attached hydrogen (secondary N) is 1. The van der Waals surface area contributed by atoms with Crippen molar-refractivity contribution >= 4 is 18.3 Å². The van der Waals surface area contributed by atoms with Gasteiger partial charge in [-0.25, -0.2) is 5.84 Å². The van der Waals surface area contributed by atoms with Gasteiger partial charge in [0.25, 0.3) is 0 Å². The van der Waals surface area contributed by atoms with Crippen LogP contribution in [-0.4, -0.2) is 5.91 Å². The minimum atomic E-state index is -0.0949. The molecule has 3 nitrogen and oxygen atoms in total. The van der Waals surface area contributed by atoms with Gasteiger partial charge in [0.1, 0.15) is 0 Å². The van der Waals surface area contributed by atoms with Crippen LogP contribution in [-0.2, 0) is 4.79 Å². The van der Waals surface area contributed by atoms with Crippen LogP contribution in [0, 0.1) is 0 Å². The summed E-state index contributed by atoms with van der Waals surface area (Å²) in [5, 5.41) is 0. The van der Waals surface area contributed by atoms with E-state index in [-0.39, 0.29) is 18.3 Å². The number of nitrogens with two attached hydrogens (primary N) is 1. The van der Waals surface area contributed by atoms with Crippen molar-refractivity contribution in [2.24, 2.45) is 5.84 Å². The first-order chi connectivity index (χ1) is 3.31. The lowest BCUT2D eigenvalue weighted by Gasteiger charge is -1.91. The first-order valence-corrected chi connectivity index (χ1v) is 2.30. The minimum Gasteiger partial charge on any atom is -0.294 e. The summed E-state index contributed by atoms with van der Waals surface area (Å²) >= 11 is 0. The van der Waals surface area contributed by atoms with Gasteiger partial charge in [-0.15, -0.1) is 12.4 Å². The highest BCUT2D eigenvalue weighted by molar-refractivity contribution is 5.85. The molecule has 0 saturated heterocycles. The quantitative estimate of drug-likeness (QED) is 0.325. The maximum absolute atomic E-state index is 10.2. The number of amides is 1. The fourth-order valence-electron chi connectivity index (χ4n) is 0.299. The van der Waals surface area contributed by atoms with Crippen LogP contribution in [0.2, 0.25) is 0 Å². The summed E-state index contributed by atoms with van der Waals surface area (Å²) in [4.78, 5) is 10.2. The molecule has 3 N–H and O–H groups in total. The summed E-state index contributed by atoms with van der Waals surface area (Å²) in [6.07, 6.45) is 1.37. The summed E-state index contributed by atoms with van der Waals surface area (Å²) in [7, 11) is 0. The molecule has 0 fully saturated rings. The summed E-state index contributed by atoms with van der Waals surface area (Å²) in [6, 6.07) is 0. The second-order valence-corrected chi connectivity index (χ2v) is 1.32. The first kappa shape index (κ1) is 10.7. The van der Waals surface area contributed by atoms with E-state index < -0.39 is 0 Å². The average molecular weight is 139 g/mol. The Morgan fingerprint density at radius 1 is 1.75 bits per heavy atom. The van der Waals surface area contributed by atoms with E-state index in [4.69, 9.17) is 5.84 Å². The number of carbonyl (C=O) groups is 1. The zero-order valence-electron chi connectivity index (χ0n) is 4.81. The smallest absolute Gasteiger partial charge is 0.233 e. The summed E-state index contributed by atoms with van der Waals surface area (Å²) in [5.74, 6) is 4.66. The van der Waals surface area contributed by atoms with Crippen molar-refractivity contribution in [2.45, 2.75) is 19.8 Å². The van der Waals surface area contributed by atoms with Gasteiger partial charge in [0.2, 0.25) is 5.91 Å². The largest absolute Gasteiger partial charge is 0.294 e. The van der Waals surface area contributed by atoms with Crippen molar-refractivity contribution in [3.63, 3.8) is 0 Å². The predicted octanol–water partition coefficient (Wildman–Crippen LogP) is 0.198. The Morgan fingerprint density at radius 3 is 2.38 bits per heavy atom. The van der Waals surface area contributed by atoms with Crippen LogP contribution in [0.15, 0.2) is 0 Å². The molecule has 0 saturated carbocycles. The molecule has 0 spiro atoms. The van der Waals surface area contributed by atoms with Gasteiger partial charge in [-0.2, -0.15) is 0 Å². The number of halogens is 1. The Kier molecular flexibility index (Phi) is 8.95. The van der Waals surface area contributed by atoms with Crippen LogP contribution < -0.4 is 11.3 Å². The molecular formula is C4H11ClN2O. The third kappa shape index (κ3) is 5.72. The van der Waals surface area contributed by atoms with Gasteiger partial charge in [-0.1, -0.05) is 6.92 Å². The van der Waals surface area contributed by atoms with Crippen molar-refractivity contribution in [3.8, 4) is 0 Å². The molecule has 0 aromatic carbocycles. The number of rotatable bonds is 2. The highest BCUT2D eigenvalue weighted by atomic mass is 35.5. The molecule has 50 valence electrons. The highest BCUT2D eigenvalue weighted by Gasteiger charge is 1.90. The monoisotopic (exact) mass is 138 g/mol. The van der Waals surface area contributed by atoms with Crippen LogP contribution in [0.3, 0.4) is 0 Å². The Labute approximate surface area is 55.0 Å². The molecule has 0 atom stereocenters. The fraction of sp³-hybridized carbons (Fsp3) is 0.750. The standard InChI is InChI=1S/C4H10N2O.ClH/c1-2-3-4(7)6-5;/h2-3,5H2,1H3,(H,6,7);1H. The second kappa shape index (κ2) is 6.72. The van der Waals surface area contributed by atoms with E-state index in [1.54, 1.807) is 0 Å². The van der Waals surface area contributed by atoms with E-state index in [0.717, 1.165) is 6.42 Å². The zero-order chi connectivity index (χ0) is 5.70. The number of hydrogen-bond acceptors (Lipinski definition) is 2. The Morgan fingerprint density at radius 2 is 2.25 bits per heavy atom. The van der Waals surface area contributed by atoms with Gasteiger partial charge >= 0.3 is 0 Å². The maximum atomic E-state index is 10.2. The Balaban J connectivity index is 0. The zero-order valence-corrected chi connectivity index (χ0v) is 5.62. The average Bonchev–Trinajstić information content (AvgIpc) is 1.68. The second-order valence-electron chi connectivity index (χ2n) is 1.32. The van der Waals surface area contributed by atoms with Gasteiger partial charge in [0, 0.05) is 6.42 Å². The lowest BCUT2D eigenvalue weighted by Crippen LogP contribution is -2.29. The molecule has 0 aliphatic heterocycles. The fourth-order valence-corrected chi connectivity index (χ4v) is 0.299. The molecule has 8 heavy (non-hydrogen) atoms. The SMILES string of the molecule is CCCC(=O)NN.Cl. The van der Waals surface area contributed by atoms with Crippen LogP contribution in [0.25, 0.3) is 0 Å². The molecule has 1 amide bonds. The number of hydrogen-bond donors (Lipinski definition) is 2. The predicted molar refractivity (Wildman–Crippen MR) is 34.5 cm³/mol. The van der Waals surface area contributed by atoms with Crippen LogP contribution >= 0.6 is 12.4 Å². The molecule has 0 radical (unpaired) electrons. The van der Waals surface area contributed by atoms with Crippen molar-refractivity contribution in [2.75, 3.05) is 0 Å². The molecule has 0 aromatic heterocycles. The topological polar surface area (TPSA) is 55.1 Å². The van der Waals surface area contributed by atoms with E-state index in [1.807, 2.05) is 12.3 Å². The lowest BCUT2D eigenvalue weighted by molar-refractivity contribution is -0.121. The van der Waals surface area contributed by atoms with Crippen LogP contribution in [0.1, 0.15) is 19.8 Å². The van der Waals surface area contributed by atoms with E-state index >= 15 is 0 Å². The van der Waals surface area contributed by atoms with Crippen LogP contribution in [0.5, 0.6) is 0 Å². The molecule has 0 rings (SSSR count). The number of carbonyl (C=O) groups excluding carboxylic acids is 1. The first-order valence-electron chi connectivity index (χ1n) is 2.30. The van der Waals surface area contributed by atoms with Crippen molar-refractivity contribution < 1.29 is 4.79 Å². The highest BCUT2D eigenvalue weighted by Crippen LogP contribution is 1.81. The third-order valence-corrected chi connectivity index (χ3v) is 0.638. The van der Waals surface area contributed by atoms with E-state index in [1.165, 1.54) is 0 Å². The minimum absolute atomic E-state index is 0. The Bertz CT molecular complexity index is 67.1. The van der Waals surface area contributed by atoms with Crippen molar-refractivity contribution in [1.29, 1.82) is 0 Å². The molecule has 4 heteroatoms.